The molecule has 1 fully saturated rings. The van der Waals surface area contributed by atoms with Crippen molar-refractivity contribution in [2.24, 2.45) is 0 Å². The van der Waals surface area contributed by atoms with E-state index in [-0.39, 0.29) is 13.0 Å². The molecule has 2 rings (SSSR count). The molecule has 0 amide bonds. The summed E-state index contributed by atoms with van der Waals surface area (Å²) in [6.45, 7) is -3.39. The fourth-order valence-electron chi connectivity index (χ4n) is 2.28. The fraction of sp³-hybridized carbons (Fsp3) is 0.417. The summed E-state index contributed by atoms with van der Waals surface area (Å²) < 4.78 is 67.7. The molecule has 0 radical (unpaired) electrons. The summed E-state index contributed by atoms with van der Waals surface area (Å²) >= 11 is 0. The van der Waals surface area contributed by atoms with E-state index in [1.54, 1.807) is 0 Å². The van der Waals surface area contributed by atoms with E-state index in [1.165, 1.54) is 0 Å². The van der Waals surface area contributed by atoms with Gasteiger partial charge >= 0.3 is 12.6 Å². The van der Waals surface area contributed by atoms with E-state index in [9.17, 15) is 26.4 Å². The van der Waals surface area contributed by atoms with Gasteiger partial charge in [-0.2, -0.15) is 13.1 Å². The number of aliphatic carboxylic acids is 1. The number of hydrogen-bond acceptors (Lipinski definition) is 4. The summed E-state index contributed by atoms with van der Waals surface area (Å²) in [6, 6.07) is 0.757. The van der Waals surface area contributed by atoms with Crippen molar-refractivity contribution in [2.45, 2.75) is 30.4 Å². The molecule has 1 saturated heterocycles. The van der Waals surface area contributed by atoms with Crippen LogP contribution in [-0.4, -0.2) is 43.0 Å². The maximum absolute atomic E-state index is 13.3. The Labute approximate surface area is 124 Å². The van der Waals surface area contributed by atoms with Crippen molar-refractivity contribution >= 4 is 16.0 Å². The third-order valence-corrected chi connectivity index (χ3v) is 5.13. The molecule has 0 bridgehead atoms. The zero-order chi connectivity index (χ0) is 16.5. The van der Waals surface area contributed by atoms with Gasteiger partial charge in [-0.05, 0) is 31.0 Å². The minimum atomic E-state index is -4.48. The van der Waals surface area contributed by atoms with Crippen LogP contribution < -0.4 is 4.74 Å². The van der Waals surface area contributed by atoms with E-state index in [0.29, 0.717) is 16.8 Å². The number of benzene rings is 1. The molecule has 0 spiro atoms. The lowest BCUT2D eigenvalue weighted by atomic mass is 10.2. The van der Waals surface area contributed by atoms with E-state index in [2.05, 4.69) is 4.74 Å². The topological polar surface area (TPSA) is 83.9 Å². The van der Waals surface area contributed by atoms with E-state index in [0.717, 1.165) is 12.1 Å². The molecule has 10 heteroatoms. The number of carboxylic acid groups (broad SMARTS) is 1. The second kappa shape index (κ2) is 6.13. The van der Waals surface area contributed by atoms with E-state index < -0.39 is 45.1 Å². The second-order valence-electron chi connectivity index (χ2n) is 4.58. The highest BCUT2D eigenvalue weighted by Crippen LogP contribution is 2.33. The standard InChI is InChI=1S/C12H12F3NO5S/c13-7-3-4-9(21-12(14)15)10(6-7)22(19,20)16-5-1-2-8(16)11(17)18/h3-4,6,8,12H,1-2,5H2,(H,17,18)/t8-/m0/s1. The SMILES string of the molecule is O=C(O)[C@@H]1CCCN1S(=O)(=O)c1cc(F)ccc1OC(F)F. The molecule has 1 N–H and O–H groups in total. The van der Waals surface area contributed by atoms with Gasteiger partial charge in [0.25, 0.3) is 0 Å². The van der Waals surface area contributed by atoms with Gasteiger partial charge in [0.05, 0.1) is 0 Å². The van der Waals surface area contributed by atoms with Crippen molar-refractivity contribution < 1.29 is 36.2 Å². The summed E-state index contributed by atoms with van der Waals surface area (Å²) in [6.07, 6.45) is 0.394. The summed E-state index contributed by atoms with van der Waals surface area (Å²) in [5, 5.41) is 9.03. The molecule has 1 aromatic rings. The Morgan fingerprint density at radius 2 is 2.09 bits per heavy atom. The van der Waals surface area contributed by atoms with Gasteiger partial charge in [-0.15, -0.1) is 0 Å². The predicted molar refractivity (Wildman–Crippen MR) is 67.6 cm³/mol. The second-order valence-corrected chi connectivity index (χ2v) is 6.44. The molecule has 6 nitrogen and oxygen atoms in total. The van der Waals surface area contributed by atoms with Crippen LogP contribution in [0.15, 0.2) is 23.1 Å². The van der Waals surface area contributed by atoms with Crippen LogP contribution in [-0.2, 0) is 14.8 Å². The van der Waals surface area contributed by atoms with Crippen LogP contribution in [0, 0.1) is 5.82 Å². The number of halogens is 3. The number of alkyl halides is 2. The van der Waals surface area contributed by atoms with Crippen LogP contribution in [0.3, 0.4) is 0 Å². The normalized spacial score (nSPS) is 19.5. The Balaban J connectivity index is 2.49. The first kappa shape index (κ1) is 16.6. The Hall–Kier alpha value is -1.81. The quantitative estimate of drug-likeness (QED) is 0.882. The Kier molecular flexibility index (Phi) is 4.61. The average Bonchev–Trinajstić information content (AvgIpc) is 2.90. The van der Waals surface area contributed by atoms with E-state index >= 15 is 0 Å². The zero-order valence-electron chi connectivity index (χ0n) is 11.1. The fourth-order valence-corrected chi connectivity index (χ4v) is 4.06. The Bertz CT molecular complexity index is 679. The van der Waals surface area contributed by atoms with Gasteiger partial charge in [0, 0.05) is 6.54 Å². The molecule has 0 saturated carbocycles. The van der Waals surface area contributed by atoms with Crippen LogP contribution in [0.2, 0.25) is 0 Å². The molecule has 1 aromatic carbocycles. The Morgan fingerprint density at radius 1 is 1.41 bits per heavy atom. The highest BCUT2D eigenvalue weighted by molar-refractivity contribution is 7.89. The first-order valence-corrected chi connectivity index (χ1v) is 7.66. The van der Waals surface area contributed by atoms with Crippen molar-refractivity contribution in [1.29, 1.82) is 0 Å². The number of nitrogens with zero attached hydrogens (tertiary/aromatic N) is 1. The van der Waals surface area contributed by atoms with Crippen molar-refractivity contribution in [3.8, 4) is 5.75 Å². The lowest BCUT2D eigenvalue weighted by Crippen LogP contribution is -2.40. The van der Waals surface area contributed by atoms with Crippen molar-refractivity contribution in [3.05, 3.63) is 24.0 Å². The van der Waals surface area contributed by atoms with E-state index in [4.69, 9.17) is 5.11 Å². The zero-order valence-corrected chi connectivity index (χ0v) is 11.9. The number of carboxylic acids is 1. The molecule has 1 heterocycles. The lowest BCUT2D eigenvalue weighted by Gasteiger charge is -2.22. The summed E-state index contributed by atoms with van der Waals surface area (Å²) in [4.78, 5) is 10.3. The van der Waals surface area contributed by atoms with Crippen LogP contribution in [0.1, 0.15) is 12.8 Å². The predicted octanol–water partition coefficient (Wildman–Crippen LogP) is 1.66. The average molecular weight is 339 g/mol. The smallest absolute Gasteiger partial charge is 0.387 e. The first-order chi connectivity index (χ1) is 10.2. The molecule has 1 atom stereocenters. The summed E-state index contributed by atoms with van der Waals surface area (Å²) in [5.41, 5.74) is 0. The van der Waals surface area contributed by atoms with Crippen molar-refractivity contribution in [3.63, 3.8) is 0 Å². The molecule has 22 heavy (non-hydrogen) atoms. The van der Waals surface area contributed by atoms with Gasteiger partial charge in [-0.1, -0.05) is 0 Å². The van der Waals surface area contributed by atoms with Crippen molar-refractivity contribution in [1.82, 2.24) is 4.31 Å². The third kappa shape index (κ3) is 3.17. The number of rotatable bonds is 5. The van der Waals surface area contributed by atoms with Crippen molar-refractivity contribution in [2.75, 3.05) is 6.54 Å². The van der Waals surface area contributed by atoms with Crippen LogP contribution in [0.25, 0.3) is 0 Å². The largest absolute Gasteiger partial charge is 0.480 e. The first-order valence-electron chi connectivity index (χ1n) is 6.22. The summed E-state index contributed by atoms with van der Waals surface area (Å²) in [7, 11) is -4.48. The number of carbonyl (C=O) groups is 1. The highest BCUT2D eigenvalue weighted by atomic mass is 32.2. The molecule has 0 aromatic heterocycles. The van der Waals surface area contributed by atoms with Gasteiger partial charge in [0.2, 0.25) is 10.0 Å². The van der Waals surface area contributed by atoms with Gasteiger partial charge in [-0.25, -0.2) is 12.8 Å². The minimum Gasteiger partial charge on any atom is -0.480 e. The Morgan fingerprint density at radius 3 is 2.68 bits per heavy atom. The highest BCUT2D eigenvalue weighted by Gasteiger charge is 2.41. The van der Waals surface area contributed by atoms with Gasteiger partial charge < -0.3 is 9.84 Å². The maximum atomic E-state index is 13.3. The van der Waals surface area contributed by atoms with Gasteiger partial charge in [-0.3, -0.25) is 4.79 Å². The van der Waals surface area contributed by atoms with Crippen LogP contribution >= 0.6 is 0 Å². The molecular weight excluding hydrogens is 327 g/mol. The minimum absolute atomic E-state index is 0.0922. The monoisotopic (exact) mass is 339 g/mol. The lowest BCUT2D eigenvalue weighted by molar-refractivity contribution is -0.140. The van der Waals surface area contributed by atoms with E-state index in [1.807, 2.05) is 0 Å². The molecule has 0 aliphatic carbocycles. The van der Waals surface area contributed by atoms with Gasteiger partial charge in [0.15, 0.2) is 0 Å². The molecule has 1 aliphatic heterocycles. The number of ether oxygens (including phenoxy) is 1. The molecule has 0 unspecified atom stereocenters. The third-order valence-electron chi connectivity index (χ3n) is 3.20. The van der Waals surface area contributed by atoms with Crippen LogP contribution in [0.5, 0.6) is 5.75 Å². The molecular formula is C12H12F3NO5S. The van der Waals surface area contributed by atoms with Crippen LogP contribution in [0.4, 0.5) is 13.2 Å². The summed E-state index contributed by atoms with van der Waals surface area (Å²) in [5.74, 6) is -3.05. The maximum Gasteiger partial charge on any atom is 0.387 e. The number of hydrogen-bond donors (Lipinski definition) is 1. The molecule has 1 aliphatic rings. The number of sulfonamides is 1. The van der Waals surface area contributed by atoms with Gasteiger partial charge in [0.1, 0.15) is 22.5 Å². The molecule has 122 valence electrons.